The molecular formula is C33H42Cl2N14. The topological polar surface area (TPSA) is 126 Å². The van der Waals surface area contributed by atoms with Gasteiger partial charge in [0.2, 0.25) is 17.1 Å². The van der Waals surface area contributed by atoms with Gasteiger partial charge < -0.3 is 43.1 Å². The number of hydrogen-bond acceptors (Lipinski definition) is 6. The first-order chi connectivity index (χ1) is 22.6. The lowest BCUT2D eigenvalue weighted by Crippen LogP contribution is -3.00. The fourth-order valence-electron chi connectivity index (χ4n) is 3.94. The van der Waals surface area contributed by atoms with Crippen molar-refractivity contribution >= 4 is 23.0 Å². The molecule has 16 heteroatoms. The van der Waals surface area contributed by atoms with Gasteiger partial charge in [-0.3, -0.25) is 0 Å². The van der Waals surface area contributed by atoms with Crippen LogP contribution in [0.15, 0.2) is 145 Å². The second-order valence-corrected chi connectivity index (χ2v) is 11.1. The quantitative estimate of drug-likeness (QED) is 0.0643. The molecule has 4 heterocycles. The summed E-state index contributed by atoms with van der Waals surface area (Å²) in [4.78, 5) is 0. The van der Waals surface area contributed by atoms with E-state index in [1.807, 2.05) is 188 Å². The van der Waals surface area contributed by atoms with Gasteiger partial charge in [0.15, 0.2) is 30.6 Å². The molecule has 258 valence electrons. The molecule has 0 unspecified atom stereocenters. The lowest BCUT2D eigenvalue weighted by molar-refractivity contribution is -0.671. The van der Waals surface area contributed by atoms with Crippen LogP contribution in [-0.4, -0.2) is 29.9 Å². The van der Waals surface area contributed by atoms with Gasteiger partial charge in [0.05, 0.1) is 11.4 Å². The van der Waals surface area contributed by atoms with Crippen LogP contribution >= 0.6 is 0 Å². The summed E-state index contributed by atoms with van der Waals surface area (Å²) in [7, 11) is 11.6. The summed E-state index contributed by atoms with van der Waals surface area (Å²) >= 11 is 0. The number of azo groups is 2. The molecule has 1 aromatic carbocycles. The molecule has 14 nitrogen and oxygen atoms in total. The van der Waals surface area contributed by atoms with Crippen LogP contribution in [0.3, 0.4) is 0 Å². The van der Waals surface area contributed by atoms with Crippen molar-refractivity contribution in [2.45, 2.75) is 13.8 Å². The second kappa shape index (κ2) is 19.5. The number of amidine groups is 2. The molecule has 49 heavy (non-hydrogen) atoms. The highest BCUT2D eigenvalue weighted by Gasteiger charge is 2.05. The van der Waals surface area contributed by atoms with E-state index < -0.39 is 0 Å². The Morgan fingerprint density at radius 3 is 1.41 bits per heavy atom. The van der Waals surface area contributed by atoms with Crippen molar-refractivity contribution in [3.63, 3.8) is 0 Å². The van der Waals surface area contributed by atoms with E-state index in [0.29, 0.717) is 11.7 Å². The summed E-state index contributed by atoms with van der Waals surface area (Å²) < 4.78 is 11.5. The van der Waals surface area contributed by atoms with E-state index in [-0.39, 0.29) is 30.7 Å². The van der Waals surface area contributed by atoms with E-state index in [1.165, 1.54) is 0 Å². The van der Waals surface area contributed by atoms with Crippen LogP contribution in [0.1, 0.15) is 19.4 Å². The standard InChI is InChI=1S/C18H20N7.C15H22N7.2ClH/c1-23-11-9-16(10-12-23)19-20-17(15-7-5-4-6-8-15)21-22-18-24(2)13-14-25(18)3;1-12(2)14(17-16-13-6-8-20(3)9-7-13)18-19-15-21(4)10-11-22(15)5;;/h4-14H,1-3H3;6-12H,1-5H3;2*1H/q2*+1;;/p-2. The number of aromatic nitrogens is 6. The molecule has 0 N–H and O–H groups in total. The highest BCUT2D eigenvalue weighted by molar-refractivity contribution is 5.99. The summed E-state index contributed by atoms with van der Waals surface area (Å²) in [6, 6.07) is 17.3. The molecule has 4 aromatic heterocycles. The minimum atomic E-state index is 0. The number of hydrogen-bond donors (Lipinski definition) is 0. The average Bonchev–Trinajstić information content (AvgIpc) is 3.57. The van der Waals surface area contributed by atoms with Gasteiger partial charge in [0.25, 0.3) is 0 Å². The van der Waals surface area contributed by atoms with Gasteiger partial charge in [-0.25, -0.2) is 9.13 Å². The number of rotatable bonds is 6. The Bertz CT molecular complexity index is 1970. The largest absolute Gasteiger partial charge is 1.00 e. The summed E-state index contributed by atoms with van der Waals surface area (Å²) in [5, 5.41) is 34.2. The zero-order chi connectivity index (χ0) is 33.8. The van der Waals surface area contributed by atoms with Crippen LogP contribution < -0.4 is 45.2 Å². The van der Waals surface area contributed by atoms with Gasteiger partial charge in [-0.1, -0.05) is 44.2 Å². The Morgan fingerprint density at radius 1 is 0.571 bits per heavy atom. The number of benzene rings is 1. The van der Waals surface area contributed by atoms with Gasteiger partial charge in [-0.05, 0) is 0 Å². The number of aryl methyl sites for hydroxylation is 6. The third-order valence-corrected chi connectivity index (χ3v) is 6.76. The third-order valence-electron chi connectivity index (χ3n) is 6.76. The Hall–Kier alpha value is -5.34. The molecule has 0 aliphatic rings. The highest BCUT2D eigenvalue weighted by atomic mass is 35.5. The smallest absolute Gasteiger partial charge is 0.229 e. The van der Waals surface area contributed by atoms with E-state index in [0.717, 1.165) is 28.2 Å². The predicted octanol–water partition coefficient (Wildman–Crippen LogP) is -1.92. The monoisotopic (exact) mass is 704 g/mol. The molecule has 0 saturated carbocycles. The summed E-state index contributed by atoms with van der Waals surface area (Å²) in [5.41, 5.74) is 3.87. The minimum absolute atomic E-state index is 0. The molecule has 0 spiro atoms. The van der Waals surface area contributed by atoms with E-state index in [2.05, 4.69) is 40.9 Å². The van der Waals surface area contributed by atoms with Crippen LogP contribution in [0.2, 0.25) is 0 Å². The number of imidazole rings is 2. The van der Waals surface area contributed by atoms with Gasteiger partial charge in [0, 0.05) is 88.7 Å². The Morgan fingerprint density at radius 2 is 0.980 bits per heavy atom. The van der Waals surface area contributed by atoms with Crippen LogP contribution in [0.4, 0.5) is 11.4 Å². The molecule has 0 saturated heterocycles. The van der Waals surface area contributed by atoms with Gasteiger partial charge >= 0.3 is 0 Å². The lowest BCUT2D eigenvalue weighted by Gasteiger charge is -2.00. The molecular weight excluding hydrogens is 663 g/mol. The Labute approximate surface area is 298 Å². The zero-order valence-electron chi connectivity index (χ0n) is 28.9. The maximum absolute atomic E-state index is 4.33. The van der Waals surface area contributed by atoms with Crippen LogP contribution in [0.5, 0.6) is 0 Å². The SMILES string of the molecule is CC(C)/C(N=Nc1cc[n+](C)cc1)=N\N=c1n(C)ccn1C.Cn1ccn(C)c1=N/N=C(/N=Nc1cc[n+](C)cc1)c1ccccc1.[Cl-].[Cl-]. The van der Waals surface area contributed by atoms with Crippen molar-refractivity contribution in [3.8, 4) is 0 Å². The lowest BCUT2D eigenvalue weighted by atomic mass is 10.2. The summed E-state index contributed by atoms with van der Waals surface area (Å²) in [6.45, 7) is 4.03. The van der Waals surface area contributed by atoms with Crippen molar-refractivity contribution in [1.82, 2.24) is 18.3 Å². The van der Waals surface area contributed by atoms with E-state index in [4.69, 9.17) is 0 Å². The Balaban J connectivity index is 0.000000329. The molecule has 5 rings (SSSR count). The fourth-order valence-corrected chi connectivity index (χ4v) is 3.94. The van der Waals surface area contributed by atoms with E-state index in [9.17, 15) is 0 Å². The second-order valence-electron chi connectivity index (χ2n) is 11.1. The fraction of sp³-hybridized carbons (Fsp3) is 0.273. The van der Waals surface area contributed by atoms with E-state index in [1.54, 1.807) is 0 Å². The molecule has 0 fully saturated rings. The van der Waals surface area contributed by atoms with Gasteiger partial charge in [-0.15, -0.1) is 40.9 Å². The minimum Gasteiger partial charge on any atom is -1.00 e. The molecule has 5 aromatic rings. The van der Waals surface area contributed by atoms with E-state index >= 15 is 0 Å². The van der Waals surface area contributed by atoms with Crippen molar-refractivity contribution in [3.05, 3.63) is 121 Å². The average molecular weight is 706 g/mol. The normalized spacial score (nSPS) is 11.6. The molecule has 0 atom stereocenters. The molecule has 0 aliphatic heterocycles. The first-order valence-electron chi connectivity index (χ1n) is 15.0. The van der Waals surface area contributed by atoms with Gasteiger partial charge in [0.1, 0.15) is 14.1 Å². The van der Waals surface area contributed by atoms with Crippen LogP contribution in [0.25, 0.3) is 0 Å². The van der Waals surface area contributed by atoms with Crippen molar-refractivity contribution in [1.29, 1.82) is 0 Å². The van der Waals surface area contributed by atoms with Crippen molar-refractivity contribution < 1.29 is 33.9 Å². The third kappa shape index (κ3) is 12.0. The number of pyridine rings is 2. The zero-order valence-corrected chi connectivity index (χ0v) is 30.4. The first-order valence-corrected chi connectivity index (χ1v) is 15.0. The summed E-state index contributed by atoms with van der Waals surface area (Å²) in [6.07, 6.45) is 15.4. The maximum atomic E-state index is 4.33. The molecule has 0 aliphatic carbocycles. The highest BCUT2D eigenvalue weighted by Crippen LogP contribution is 2.12. The van der Waals surface area contributed by atoms with Crippen LogP contribution in [-0.2, 0) is 42.3 Å². The number of nitrogens with zero attached hydrogens (tertiary/aromatic N) is 14. The van der Waals surface area contributed by atoms with Crippen molar-refractivity contribution in [2.75, 3.05) is 0 Å². The number of halogens is 2. The predicted molar refractivity (Wildman–Crippen MR) is 179 cm³/mol. The molecule has 0 bridgehead atoms. The molecule has 0 radical (unpaired) electrons. The Kier molecular flexibility index (Phi) is 15.8. The van der Waals surface area contributed by atoms with Crippen molar-refractivity contribution in [2.24, 2.45) is 89.1 Å². The molecule has 0 amide bonds. The summed E-state index contributed by atoms with van der Waals surface area (Å²) in [5.74, 6) is 1.18. The van der Waals surface area contributed by atoms with Crippen LogP contribution in [0, 0.1) is 5.92 Å². The van der Waals surface area contributed by atoms with Gasteiger partial charge in [-0.2, -0.15) is 0 Å². The maximum Gasteiger partial charge on any atom is 0.229 e. The first kappa shape index (κ1) is 39.8.